The van der Waals surface area contributed by atoms with Gasteiger partial charge in [-0.15, -0.1) is 0 Å². The van der Waals surface area contributed by atoms with Gasteiger partial charge in [-0.1, -0.05) is 11.8 Å². The van der Waals surface area contributed by atoms with Crippen molar-refractivity contribution in [2.24, 2.45) is 7.05 Å². The highest BCUT2D eigenvalue weighted by Crippen LogP contribution is 2.28. The highest BCUT2D eigenvalue weighted by molar-refractivity contribution is 7.99. The van der Waals surface area contributed by atoms with Gasteiger partial charge < -0.3 is 5.32 Å². The molecule has 0 aliphatic carbocycles. The maximum Gasteiger partial charge on any atom is 0.433 e. The number of carbonyl (C=O) groups excluding carboxylic acids is 1. The Morgan fingerprint density at radius 1 is 1.39 bits per heavy atom. The lowest BCUT2D eigenvalue weighted by Gasteiger charge is -2.07. The van der Waals surface area contributed by atoms with Crippen LogP contribution in [0.25, 0.3) is 0 Å². The van der Waals surface area contributed by atoms with Crippen molar-refractivity contribution < 1.29 is 18.0 Å². The summed E-state index contributed by atoms with van der Waals surface area (Å²) in [6, 6.07) is 0.784. The molecule has 124 valence electrons. The number of nitrogens with one attached hydrogen (secondary N) is 1. The Morgan fingerprint density at radius 3 is 2.65 bits per heavy atom. The Kier molecular flexibility index (Phi) is 4.93. The lowest BCUT2D eigenvalue weighted by molar-refractivity contribution is -0.141. The normalized spacial score (nSPS) is 11.6. The summed E-state index contributed by atoms with van der Waals surface area (Å²) >= 11 is 0.835. The predicted octanol–water partition coefficient (Wildman–Crippen LogP) is 2.58. The predicted molar refractivity (Wildman–Crippen MR) is 79.1 cm³/mol. The van der Waals surface area contributed by atoms with E-state index in [2.05, 4.69) is 20.4 Å². The Bertz CT molecular complexity index is 729. The number of rotatable bonds is 4. The third-order valence-electron chi connectivity index (χ3n) is 3.03. The topological polar surface area (TPSA) is 72.7 Å². The molecule has 23 heavy (non-hydrogen) atoms. The van der Waals surface area contributed by atoms with Gasteiger partial charge in [-0.25, -0.2) is 9.97 Å². The van der Waals surface area contributed by atoms with Gasteiger partial charge in [0.25, 0.3) is 0 Å². The zero-order chi connectivity index (χ0) is 17.2. The molecule has 0 radical (unpaired) electrons. The Morgan fingerprint density at radius 2 is 2.09 bits per heavy atom. The maximum atomic E-state index is 12.6. The Hall–Kier alpha value is -2.10. The van der Waals surface area contributed by atoms with E-state index in [1.807, 2.05) is 0 Å². The fraction of sp³-hybridized carbons (Fsp3) is 0.385. The summed E-state index contributed by atoms with van der Waals surface area (Å²) in [5.74, 6) is -0.468. The molecular weight excluding hydrogens is 331 g/mol. The van der Waals surface area contributed by atoms with Crippen LogP contribution in [0.4, 0.5) is 18.9 Å². The average molecular weight is 345 g/mol. The molecule has 1 N–H and O–H groups in total. The van der Waals surface area contributed by atoms with E-state index in [1.54, 1.807) is 25.6 Å². The second-order valence-electron chi connectivity index (χ2n) is 4.73. The number of aryl methyl sites for hydroxylation is 2. The van der Waals surface area contributed by atoms with Crippen molar-refractivity contribution in [1.82, 2.24) is 19.7 Å². The SMILES string of the molecule is Cc1nn(C)c(C)c1NC(=O)CSc1nccc(C(F)(F)F)n1. The molecule has 2 aromatic heterocycles. The number of nitrogens with zero attached hydrogens (tertiary/aromatic N) is 4. The lowest BCUT2D eigenvalue weighted by Crippen LogP contribution is -2.16. The molecule has 2 aromatic rings. The van der Waals surface area contributed by atoms with Crippen molar-refractivity contribution >= 4 is 23.4 Å². The number of hydrogen-bond donors (Lipinski definition) is 1. The molecule has 0 aromatic carbocycles. The molecule has 0 aliphatic heterocycles. The van der Waals surface area contributed by atoms with Gasteiger partial charge in [0.1, 0.15) is 5.69 Å². The third-order valence-corrected chi connectivity index (χ3v) is 3.89. The van der Waals surface area contributed by atoms with Crippen LogP contribution in [-0.2, 0) is 18.0 Å². The number of alkyl halides is 3. The van der Waals surface area contributed by atoms with Crippen LogP contribution < -0.4 is 5.32 Å². The minimum Gasteiger partial charge on any atom is -0.322 e. The van der Waals surface area contributed by atoms with Gasteiger partial charge in [0, 0.05) is 13.2 Å². The molecule has 10 heteroatoms. The molecule has 0 aliphatic rings. The van der Waals surface area contributed by atoms with Crippen LogP contribution in [0.3, 0.4) is 0 Å². The first-order chi connectivity index (χ1) is 10.7. The molecule has 6 nitrogen and oxygen atoms in total. The molecular formula is C13H14F3N5OS. The van der Waals surface area contributed by atoms with Crippen molar-refractivity contribution in [1.29, 1.82) is 0 Å². The highest BCUT2D eigenvalue weighted by Gasteiger charge is 2.32. The van der Waals surface area contributed by atoms with Crippen LogP contribution >= 0.6 is 11.8 Å². The lowest BCUT2D eigenvalue weighted by atomic mass is 10.3. The molecule has 0 atom stereocenters. The van der Waals surface area contributed by atoms with E-state index in [-0.39, 0.29) is 16.8 Å². The zero-order valence-electron chi connectivity index (χ0n) is 12.6. The van der Waals surface area contributed by atoms with Gasteiger partial charge in [-0.3, -0.25) is 9.48 Å². The van der Waals surface area contributed by atoms with Crippen LogP contribution in [0, 0.1) is 13.8 Å². The van der Waals surface area contributed by atoms with E-state index < -0.39 is 11.9 Å². The van der Waals surface area contributed by atoms with E-state index in [4.69, 9.17) is 0 Å². The number of aromatic nitrogens is 4. The van der Waals surface area contributed by atoms with E-state index in [9.17, 15) is 18.0 Å². The second kappa shape index (κ2) is 6.57. The summed E-state index contributed by atoms with van der Waals surface area (Å²) in [6.07, 6.45) is -3.52. The minimum absolute atomic E-state index is 0.102. The van der Waals surface area contributed by atoms with Gasteiger partial charge in [-0.2, -0.15) is 18.3 Å². The second-order valence-corrected chi connectivity index (χ2v) is 5.67. The van der Waals surface area contributed by atoms with Crippen LogP contribution in [-0.4, -0.2) is 31.4 Å². The van der Waals surface area contributed by atoms with E-state index >= 15 is 0 Å². The standard InChI is InChI=1S/C13H14F3N5OS/c1-7-11(8(2)21(3)20-7)19-10(22)6-23-12-17-5-4-9(18-12)13(14,15)16/h4-5H,6H2,1-3H3,(H,19,22). The molecule has 0 saturated heterocycles. The molecule has 0 saturated carbocycles. The third kappa shape index (κ3) is 4.21. The Balaban J connectivity index is 2.00. The van der Waals surface area contributed by atoms with E-state index in [1.165, 1.54) is 0 Å². The van der Waals surface area contributed by atoms with Crippen LogP contribution in [0.5, 0.6) is 0 Å². The summed E-state index contributed by atoms with van der Waals surface area (Å²) in [5, 5.41) is 6.76. The number of hydrogen-bond acceptors (Lipinski definition) is 5. The Labute approximate surface area is 134 Å². The summed E-state index contributed by atoms with van der Waals surface area (Å²) < 4.78 is 39.3. The van der Waals surface area contributed by atoms with Gasteiger partial charge in [0.2, 0.25) is 5.91 Å². The molecule has 2 rings (SSSR count). The first-order valence-corrected chi connectivity index (χ1v) is 7.50. The molecule has 0 fully saturated rings. The van der Waals surface area contributed by atoms with Crippen molar-refractivity contribution in [3.8, 4) is 0 Å². The molecule has 1 amide bonds. The minimum atomic E-state index is -4.54. The number of carbonyl (C=O) groups is 1. The summed E-state index contributed by atoms with van der Waals surface area (Å²) in [5.41, 5.74) is 1.02. The zero-order valence-corrected chi connectivity index (χ0v) is 13.4. The quantitative estimate of drug-likeness (QED) is 0.681. The van der Waals surface area contributed by atoms with Crippen molar-refractivity contribution in [3.63, 3.8) is 0 Å². The maximum absolute atomic E-state index is 12.6. The largest absolute Gasteiger partial charge is 0.433 e. The first-order valence-electron chi connectivity index (χ1n) is 6.51. The monoisotopic (exact) mass is 345 g/mol. The van der Waals surface area contributed by atoms with E-state index in [0.29, 0.717) is 11.4 Å². The van der Waals surface area contributed by atoms with Crippen LogP contribution in [0.15, 0.2) is 17.4 Å². The van der Waals surface area contributed by atoms with Gasteiger partial charge >= 0.3 is 6.18 Å². The smallest absolute Gasteiger partial charge is 0.322 e. The molecule has 0 unspecified atom stereocenters. The summed E-state index contributed by atoms with van der Waals surface area (Å²) in [4.78, 5) is 19.1. The van der Waals surface area contributed by atoms with Gasteiger partial charge in [0.05, 0.1) is 22.8 Å². The van der Waals surface area contributed by atoms with Crippen molar-refractivity contribution in [3.05, 3.63) is 29.3 Å². The number of anilines is 1. The van der Waals surface area contributed by atoms with Gasteiger partial charge in [0.15, 0.2) is 5.16 Å². The van der Waals surface area contributed by atoms with E-state index in [0.717, 1.165) is 29.7 Å². The molecule has 0 bridgehead atoms. The number of halogens is 3. The van der Waals surface area contributed by atoms with Crippen LogP contribution in [0.1, 0.15) is 17.1 Å². The van der Waals surface area contributed by atoms with Gasteiger partial charge in [-0.05, 0) is 19.9 Å². The number of thioether (sulfide) groups is 1. The average Bonchev–Trinajstić information content (AvgIpc) is 2.71. The fourth-order valence-electron chi connectivity index (χ4n) is 1.83. The highest BCUT2D eigenvalue weighted by atomic mass is 32.2. The fourth-order valence-corrected chi connectivity index (χ4v) is 2.46. The van der Waals surface area contributed by atoms with Crippen molar-refractivity contribution in [2.75, 3.05) is 11.1 Å². The molecule has 2 heterocycles. The summed E-state index contributed by atoms with van der Waals surface area (Å²) in [7, 11) is 1.75. The number of amides is 1. The molecule has 0 spiro atoms. The summed E-state index contributed by atoms with van der Waals surface area (Å²) in [6.45, 7) is 3.56. The first kappa shape index (κ1) is 17.3. The van der Waals surface area contributed by atoms with Crippen molar-refractivity contribution in [2.45, 2.75) is 25.2 Å². The van der Waals surface area contributed by atoms with Crippen LogP contribution in [0.2, 0.25) is 0 Å².